The highest BCUT2D eigenvalue weighted by molar-refractivity contribution is 9.09. The van der Waals surface area contributed by atoms with Crippen molar-refractivity contribution in [3.8, 4) is 0 Å². The second-order valence-electron chi connectivity index (χ2n) is 3.34. The molecule has 0 aliphatic heterocycles. The van der Waals surface area contributed by atoms with Gasteiger partial charge < -0.3 is 5.32 Å². The zero-order valence-corrected chi connectivity index (χ0v) is 10.8. The Morgan fingerprint density at radius 2 is 2.07 bits per heavy atom. The van der Waals surface area contributed by atoms with Crippen molar-refractivity contribution in [1.29, 1.82) is 0 Å². The Kier molecular flexibility index (Phi) is 6.35. The van der Waals surface area contributed by atoms with E-state index in [4.69, 9.17) is 0 Å². The maximum absolute atomic E-state index is 11.0. The van der Waals surface area contributed by atoms with Gasteiger partial charge in [-0.25, -0.2) is 8.42 Å². The maximum atomic E-state index is 11.0. The number of alkyl halides is 1. The Morgan fingerprint density at radius 3 is 2.50 bits per heavy atom. The van der Waals surface area contributed by atoms with Crippen LogP contribution in [-0.4, -0.2) is 37.7 Å². The number of carbonyl (C=O) groups excluding carboxylic acids is 1. The molecule has 0 aromatic rings. The summed E-state index contributed by atoms with van der Waals surface area (Å²) in [5.74, 6) is -0.841. The number of sulfone groups is 1. The number of rotatable bonds is 6. The van der Waals surface area contributed by atoms with E-state index in [0.29, 0.717) is 11.4 Å². The van der Waals surface area contributed by atoms with E-state index in [1.807, 2.05) is 6.92 Å². The third-order valence-corrected chi connectivity index (χ3v) is 2.74. The van der Waals surface area contributed by atoms with Crippen molar-refractivity contribution in [1.82, 2.24) is 5.32 Å². The highest BCUT2D eigenvalue weighted by atomic mass is 79.9. The smallest absolute Gasteiger partial charge is 0.235 e. The van der Waals surface area contributed by atoms with Crippen molar-refractivity contribution in [2.75, 3.05) is 18.6 Å². The van der Waals surface area contributed by atoms with E-state index >= 15 is 0 Å². The van der Waals surface area contributed by atoms with Crippen LogP contribution in [0.5, 0.6) is 0 Å². The van der Waals surface area contributed by atoms with Crippen LogP contribution in [0.15, 0.2) is 0 Å². The van der Waals surface area contributed by atoms with Crippen LogP contribution in [-0.2, 0) is 14.6 Å². The molecule has 0 bridgehead atoms. The fourth-order valence-electron chi connectivity index (χ4n) is 0.900. The van der Waals surface area contributed by atoms with Crippen LogP contribution in [0.25, 0.3) is 0 Å². The van der Waals surface area contributed by atoms with E-state index in [1.165, 1.54) is 0 Å². The number of amides is 1. The molecule has 1 N–H and O–H groups in total. The summed E-state index contributed by atoms with van der Waals surface area (Å²) in [6.07, 6.45) is 2.86. The summed E-state index contributed by atoms with van der Waals surface area (Å²) in [5.41, 5.74) is 0. The quantitative estimate of drug-likeness (QED) is 0.578. The normalized spacial score (nSPS) is 13.6. The Labute approximate surface area is 93.5 Å². The molecule has 1 atom stereocenters. The number of halogens is 1. The molecule has 84 valence electrons. The summed E-state index contributed by atoms with van der Waals surface area (Å²) in [6, 6.07) is 0. The highest BCUT2D eigenvalue weighted by Crippen LogP contribution is 2.04. The van der Waals surface area contributed by atoms with Gasteiger partial charge >= 0.3 is 0 Å². The third kappa shape index (κ3) is 9.98. The molecule has 6 heteroatoms. The van der Waals surface area contributed by atoms with Gasteiger partial charge in [0.2, 0.25) is 5.91 Å². The first-order valence-electron chi connectivity index (χ1n) is 4.40. The number of nitrogens with one attached hydrogen (secondary N) is 1. The van der Waals surface area contributed by atoms with Gasteiger partial charge in [-0.2, -0.15) is 0 Å². The minimum absolute atomic E-state index is 0.420. The molecule has 14 heavy (non-hydrogen) atoms. The second-order valence-corrected chi connectivity index (χ2v) is 7.05. The fourth-order valence-corrected chi connectivity index (χ4v) is 1.80. The highest BCUT2D eigenvalue weighted by Gasteiger charge is 2.09. The van der Waals surface area contributed by atoms with Gasteiger partial charge in [0.05, 0.1) is 0 Å². The SMILES string of the molecule is CC(Br)CCCNC(=O)CS(C)(=O)=O. The van der Waals surface area contributed by atoms with Crippen molar-refractivity contribution in [3.63, 3.8) is 0 Å². The first-order valence-corrected chi connectivity index (χ1v) is 7.37. The lowest BCUT2D eigenvalue weighted by atomic mass is 10.2. The first-order chi connectivity index (χ1) is 6.31. The molecule has 0 radical (unpaired) electrons. The summed E-state index contributed by atoms with van der Waals surface area (Å²) in [5, 5.41) is 2.56. The van der Waals surface area contributed by atoms with Gasteiger partial charge in [0.15, 0.2) is 9.84 Å². The van der Waals surface area contributed by atoms with Crippen LogP contribution < -0.4 is 5.32 Å². The van der Waals surface area contributed by atoms with E-state index in [-0.39, 0.29) is 0 Å². The Balaban J connectivity index is 3.56. The van der Waals surface area contributed by atoms with Gasteiger partial charge in [0, 0.05) is 17.6 Å². The zero-order chi connectivity index (χ0) is 11.2. The van der Waals surface area contributed by atoms with Crippen molar-refractivity contribution in [3.05, 3.63) is 0 Å². The average Bonchev–Trinajstić information content (AvgIpc) is 1.94. The molecular weight excluding hydrogens is 270 g/mol. The van der Waals surface area contributed by atoms with Crippen LogP contribution in [0.2, 0.25) is 0 Å². The van der Waals surface area contributed by atoms with E-state index < -0.39 is 21.5 Å². The average molecular weight is 286 g/mol. The fraction of sp³-hybridized carbons (Fsp3) is 0.875. The number of carbonyl (C=O) groups is 1. The summed E-state index contributed by atoms with van der Waals surface area (Å²) in [4.78, 5) is 11.4. The Morgan fingerprint density at radius 1 is 1.50 bits per heavy atom. The van der Waals surface area contributed by atoms with Gasteiger partial charge in [-0.05, 0) is 12.8 Å². The monoisotopic (exact) mass is 285 g/mol. The predicted molar refractivity (Wildman–Crippen MR) is 60.3 cm³/mol. The molecule has 0 saturated heterocycles. The molecule has 4 nitrogen and oxygen atoms in total. The zero-order valence-electron chi connectivity index (χ0n) is 8.42. The molecule has 0 aliphatic rings. The van der Waals surface area contributed by atoms with Crippen molar-refractivity contribution in [2.24, 2.45) is 0 Å². The van der Waals surface area contributed by atoms with Crippen LogP contribution in [0.1, 0.15) is 19.8 Å². The Bertz CT molecular complexity index is 274. The molecule has 0 aromatic carbocycles. The molecule has 0 fully saturated rings. The lowest BCUT2D eigenvalue weighted by molar-refractivity contribution is -0.118. The van der Waals surface area contributed by atoms with Crippen molar-refractivity contribution in [2.45, 2.75) is 24.6 Å². The van der Waals surface area contributed by atoms with E-state index in [9.17, 15) is 13.2 Å². The lowest BCUT2D eigenvalue weighted by Gasteiger charge is -2.05. The number of hydrogen-bond donors (Lipinski definition) is 1. The topological polar surface area (TPSA) is 63.2 Å². The van der Waals surface area contributed by atoms with Crippen LogP contribution in [0.4, 0.5) is 0 Å². The van der Waals surface area contributed by atoms with Crippen molar-refractivity contribution >= 4 is 31.7 Å². The summed E-state index contributed by atoms with van der Waals surface area (Å²) >= 11 is 3.38. The third-order valence-electron chi connectivity index (χ3n) is 1.49. The molecule has 0 heterocycles. The van der Waals surface area contributed by atoms with Gasteiger partial charge in [0.25, 0.3) is 0 Å². The molecule has 0 saturated carbocycles. The minimum Gasteiger partial charge on any atom is -0.355 e. The first kappa shape index (κ1) is 13.9. The summed E-state index contributed by atoms with van der Waals surface area (Å²) in [7, 11) is -3.20. The minimum atomic E-state index is -3.20. The molecule has 0 aromatic heterocycles. The van der Waals surface area contributed by atoms with E-state index in [1.54, 1.807) is 0 Å². The van der Waals surface area contributed by atoms with Crippen molar-refractivity contribution < 1.29 is 13.2 Å². The van der Waals surface area contributed by atoms with Gasteiger partial charge in [-0.1, -0.05) is 22.9 Å². The molecule has 0 aliphatic carbocycles. The lowest BCUT2D eigenvalue weighted by Crippen LogP contribution is -2.30. The largest absolute Gasteiger partial charge is 0.355 e. The van der Waals surface area contributed by atoms with E-state index in [0.717, 1.165) is 19.1 Å². The van der Waals surface area contributed by atoms with Crippen LogP contribution in [0.3, 0.4) is 0 Å². The standard InChI is InChI=1S/C8H16BrNO3S/c1-7(9)4-3-5-10-8(11)6-14(2,12)13/h7H,3-6H2,1-2H3,(H,10,11). The molecule has 1 unspecified atom stereocenters. The second kappa shape index (κ2) is 6.40. The molecule has 1 amide bonds. The summed E-state index contributed by atoms with van der Waals surface area (Å²) < 4.78 is 21.4. The van der Waals surface area contributed by atoms with Gasteiger partial charge in [-0.15, -0.1) is 0 Å². The van der Waals surface area contributed by atoms with Gasteiger partial charge in [-0.3, -0.25) is 4.79 Å². The Hall–Kier alpha value is -0.100. The maximum Gasteiger partial charge on any atom is 0.235 e. The summed E-state index contributed by atoms with van der Waals surface area (Å²) in [6.45, 7) is 2.56. The number of hydrogen-bond acceptors (Lipinski definition) is 3. The predicted octanol–water partition coefficient (Wildman–Crippen LogP) is 0.711. The molecular formula is C8H16BrNO3S. The van der Waals surface area contributed by atoms with E-state index in [2.05, 4.69) is 21.2 Å². The molecule has 0 spiro atoms. The van der Waals surface area contributed by atoms with Gasteiger partial charge in [0.1, 0.15) is 5.75 Å². The van der Waals surface area contributed by atoms with Crippen LogP contribution >= 0.6 is 15.9 Å². The van der Waals surface area contributed by atoms with Crippen LogP contribution in [0, 0.1) is 0 Å². The molecule has 0 rings (SSSR count).